The molecule has 3 rings (SSSR count). The highest BCUT2D eigenvalue weighted by Crippen LogP contribution is 2.22. The summed E-state index contributed by atoms with van der Waals surface area (Å²) in [4.78, 5) is 14.8. The number of nitrogens with one attached hydrogen (secondary N) is 1. The van der Waals surface area contributed by atoms with Crippen LogP contribution in [0.1, 0.15) is 17.4 Å². The first kappa shape index (κ1) is 10.8. The maximum absolute atomic E-state index is 11.6. The normalized spacial score (nSPS) is 10.9. The summed E-state index contributed by atoms with van der Waals surface area (Å²) in [7, 11) is 0. The van der Waals surface area contributed by atoms with Crippen molar-refractivity contribution >= 4 is 27.6 Å². The Labute approximate surface area is 104 Å². The smallest absolute Gasteiger partial charge is 0.354 e. The molecule has 0 saturated carbocycles. The molecule has 0 aliphatic carbocycles. The fourth-order valence-corrected chi connectivity index (χ4v) is 2.13. The number of pyridine rings is 1. The number of hydrogen-bond donors (Lipinski definition) is 1. The van der Waals surface area contributed by atoms with E-state index in [4.69, 9.17) is 4.74 Å². The minimum absolute atomic E-state index is 0.318. The number of benzene rings is 1. The van der Waals surface area contributed by atoms with E-state index >= 15 is 0 Å². The Morgan fingerprint density at radius 2 is 1.89 bits per heavy atom. The second kappa shape index (κ2) is 4.18. The van der Waals surface area contributed by atoms with Crippen LogP contribution in [0, 0.1) is 0 Å². The topological polar surface area (TPSA) is 42.1 Å². The molecule has 0 unspecified atom stereocenters. The van der Waals surface area contributed by atoms with Crippen LogP contribution in [0.25, 0.3) is 21.7 Å². The van der Waals surface area contributed by atoms with Crippen LogP contribution in [0.2, 0.25) is 0 Å². The van der Waals surface area contributed by atoms with E-state index in [2.05, 4.69) is 23.2 Å². The third kappa shape index (κ3) is 1.74. The SMILES string of the molecule is CCOC(=O)c1ccc2cc3cccc3cc2[nH]1. The summed E-state index contributed by atoms with van der Waals surface area (Å²) in [6.07, 6.45) is 0. The average molecular weight is 239 g/mol. The van der Waals surface area contributed by atoms with E-state index in [9.17, 15) is 4.79 Å². The monoisotopic (exact) mass is 239 g/mol. The minimum Gasteiger partial charge on any atom is -0.461 e. The van der Waals surface area contributed by atoms with E-state index in [0.29, 0.717) is 12.3 Å². The maximum atomic E-state index is 11.6. The molecular weight excluding hydrogens is 226 g/mol. The van der Waals surface area contributed by atoms with Crippen molar-refractivity contribution in [1.82, 2.24) is 4.98 Å². The van der Waals surface area contributed by atoms with Crippen LogP contribution in [0.4, 0.5) is 0 Å². The molecule has 0 aliphatic heterocycles. The molecule has 3 aromatic rings. The number of rotatable bonds is 2. The fourth-order valence-electron chi connectivity index (χ4n) is 2.13. The van der Waals surface area contributed by atoms with Crippen molar-refractivity contribution in [3.05, 3.63) is 48.2 Å². The van der Waals surface area contributed by atoms with Gasteiger partial charge in [0.1, 0.15) is 5.69 Å². The van der Waals surface area contributed by atoms with Crippen molar-refractivity contribution in [3.8, 4) is 0 Å². The lowest BCUT2D eigenvalue weighted by atomic mass is 10.1. The Bertz CT molecular complexity index is 728. The number of esters is 1. The van der Waals surface area contributed by atoms with Crippen LogP contribution in [0.3, 0.4) is 0 Å². The number of ether oxygens (including phenoxy) is 1. The van der Waals surface area contributed by atoms with Gasteiger partial charge in [-0.1, -0.05) is 24.3 Å². The molecule has 0 bridgehead atoms. The molecule has 0 radical (unpaired) electrons. The van der Waals surface area contributed by atoms with E-state index in [1.165, 1.54) is 10.8 Å². The lowest BCUT2D eigenvalue weighted by Crippen LogP contribution is -2.06. The first-order chi connectivity index (χ1) is 8.78. The van der Waals surface area contributed by atoms with Crippen molar-refractivity contribution in [2.24, 2.45) is 0 Å². The molecule has 2 aromatic carbocycles. The second-order valence-electron chi connectivity index (χ2n) is 4.19. The van der Waals surface area contributed by atoms with Gasteiger partial charge in [-0.3, -0.25) is 0 Å². The zero-order chi connectivity index (χ0) is 12.5. The first-order valence-electron chi connectivity index (χ1n) is 5.96. The number of carbonyl (C=O) groups is 1. The molecule has 0 aliphatic rings. The van der Waals surface area contributed by atoms with Gasteiger partial charge in [0.2, 0.25) is 0 Å². The van der Waals surface area contributed by atoms with Crippen LogP contribution in [-0.4, -0.2) is 17.6 Å². The summed E-state index contributed by atoms with van der Waals surface area (Å²) in [6, 6.07) is 14.0. The fraction of sp³-hybridized carbons (Fsp3) is 0.133. The Hall–Kier alpha value is -2.29. The van der Waals surface area contributed by atoms with Gasteiger partial charge in [0.05, 0.1) is 6.61 Å². The molecular formula is C15H13NO2. The largest absolute Gasteiger partial charge is 0.461 e. The zero-order valence-electron chi connectivity index (χ0n) is 10.1. The summed E-state index contributed by atoms with van der Waals surface area (Å²) in [5.74, 6) is -0.318. The van der Waals surface area contributed by atoms with Gasteiger partial charge in [0, 0.05) is 5.52 Å². The number of aromatic amines is 1. The van der Waals surface area contributed by atoms with Crippen LogP contribution in [0.15, 0.2) is 42.5 Å². The quantitative estimate of drug-likeness (QED) is 0.695. The van der Waals surface area contributed by atoms with E-state index in [-0.39, 0.29) is 5.97 Å². The molecule has 1 aromatic heterocycles. The molecule has 0 atom stereocenters. The second-order valence-corrected chi connectivity index (χ2v) is 4.19. The van der Waals surface area contributed by atoms with E-state index in [1.54, 1.807) is 13.0 Å². The van der Waals surface area contributed by atoms with Crippen molar-refractivity contribution in [2.75, 3.05) is 6.61 Å². The van der Waals surface area contributed by atoms with E-state index in [0.717, 1.165) is 10.9 Å². The van der Waals surface area contributed by atoms with Crippen molar-refractivity contribution in [3.63, 3.8) is 0 Å². The summed E-state index contributed by atoms with van der Waals surface area (Å²) in [5, 5.41) is 3.46. The van der Waals surface area contributed by atoms with Crippen LogP contribution >= 0.6 is 0 Å². The highest BCUT2D eigenvalue weighted by atomic mass is 16.5. The first-order valence-corrected chi connectivity index (χ1v) is 5.96. The molecule has 0 spiro atoms. The Balaban J connectivity index is 2.15. The Morgan fingerprint density at radius 3 is 2.67 bits per heavy atom. The van der Waals surface area contributed by atoms with Gasteiger partial charge in [-0.15, -0.1) is 0 Å². The number of carbonyl (C=O) groups excluding carboxylic acids is 1. The van der Waals surface area contributed by atoms with E-state index in [1.807, 2.05) is 18.2 Å². The van der Waals surface area contributed by atoms with Crippen LogP contribution < -0.4 is 0 Å². The summed E-state index contributed by atoms with van der Waals surface area (Å²) < 4.78 is 4.98. The van der Waals surface area contributed by atoms with Gasteiger partial charge >= 0.3 is 5.97 Å². The predicted molar refractivity (Wildman–Crippen MR) is 71.8 cm³/mol. The number of aromatic nitrogens is 1. The zero-order valence-corrected chi connectivity index (χ0v) is 10.1. The Kier molecular flexibility index (Phi) is 2.52. The minimum atomic E-state index is -0.318. The standard InChI is InChI=1S/C15H13NO2/c1-2-18-15(17)13-7-6-12-8-10-4-3-5-11(10)9-14(12)16-13/h3-9,16H,2H2,1H3. The summed E-state index contributed by atoms with van der Waals surface area (Å²) >= 11 is 0. The lowest BCUT2D eigenvalue weighted by Gasteiger charge is -2.05. The summed E-state index contributed by atoms with van der Waals surface area (Å²) in [6.45, 7) is 2.18. The van der Waals surface area contributed by atoms with Gasteiger partial charge in [0.25, 0.3) is 0 Å². The van der Waals surface area contributed by atoms with Gasteiger partial charge in [-0.25, -0.2) is 4.79 Å². The van der Waals surface area contributed by atoms with E-state index < -0.39 is 0 Å². The number of hydrogen-bond acceptors (Lipinski definition) is 2. The third-order valence-corrected chi connectivity index (χ3v) is 3.00. The van der Waals surface area contributed by atoms with Gasteiger partial charge < -0.3 is 9.72 Å². The molecule has 3 heteroatoms. The molecule has 3 nitrogen and oxygen atoms in total. The van der Waals surface area contributed by atoms with Gasteiger partial charge in [0.15, 0.2) is 0 Å². The van der Waals surface area contributed by atoms with Gasteiger partial charge in [-0.05, 0) is 41.3 Å². The molecule has 1 heterocycles. The maximum Gasteiger partial charge on any atom is 0.354 e. The average Bonchev–Trinajstić information content (AvgIpc) is 2.82. The van der Waals surface area contributed by atoms with Crippen molar-refractivity contribution in [1.29, 1.82) is 0 Å². The molecule has 1 N–H and O–H groups in total. The van der Waals surface area contributed by atoms with Crippen LogP contribution in [0.5, 0.6) is 0 Å². The van der Waals surface area contributed by atoms with Gasteiger partial charge in [-0.2, -0.15) is 0 Å². The van der Waals surface area contributed by atoms with Crippen molar-refractivity contribution < 1.29 is 9.53 Å². The third-order valence-electron chi connectivity index (χ3n) is 3.00. The summed E-state index contributed by atoms with van der Waals surface area (Å²) in [5.41, 5.74) is 1.43. The molecule has 0 saturated heterocycles. The molecule has 18 heavy (non-hydrogen) atoms. The van der Waals surface area contributed by atoms with Crippen molar-refractivity contribution in [2.45, 2.75) is 6.92 Å². The predicted octanol–water partition coefficient (Wildman–Crippen LogP) is 3.50. The molecule has 90 valence electrons. The highest BCUT2D eigenvalue weighted by Gasteiger charge is 2.07. The lowest BCUT2D eigenvalue weighted by molar-refractivity contribution is 0.0520. The number of fused-ring (bicyclic) bond motifs is 2. The van der Waals surface area contributed by atoms with Crippen LogP contribution in [-0.2, 0) is 4.74 Å². The highest BCUT2D eigenvalue weighted by molar-refractivity contribution is 5.99. The Morgan fingerprint density at radius 1 is 1.11 bits per heavy atom. The molecule has 0 amide bonds. The number of H-pyrrole nitrogens is 1. The molecule has 0 fully saturated rings.